The molecular formula is C25H31N5OS. The van der Waals surface area contributed by atoms with Crippen LogP contribution in [0.3, 0.4) is 0 Å². The quantitative estimate of drug-likeness (QED) is 0.613. The summed E-state index contributed by atoms with van der Waals surface area (Å²) in [5.41, 5.74) is 2.93. The van der Waals surface area contributed by atoms with Crippen molar-refractivity contribution in [3.8, 4) is 11.3 Å². The summed E-state index contributed by atoms with van der Waals surface area (Å²) in [6.45, 7) is 3.00. The lowest BCUT2D eigenvalue weighted by Gasteiger charge is -2.36. The van der Waals surface area contributed by atoms with E-state index in [1.165, 1.54) is 0 Å². The summed E-state index contributed by atoms with van der Waals surface area (Å²) in [7, 11) is 1.99. The maximum Gasteiger partial charge on any atom is 0.240 e. The standard InChI is InChI=1S/C25H31N5OS/c1-16(26-2)18-10-6-11-19(28-18)25(31)30-15-7-12-20(30)24-29-23-21(32-24)13-14-27-22(23)17-8-4-3-5-9-17/h3-5,8-9,13-14,16,18-20,26,28H,6-7,10-12,15H2,1-2H3. The summed E-state index contributed by atoms with van der Waals surface area (Å²) in [5, 5.41) is 7.99. The van der Waals surface area contributed by atoms with Crippen LogP contribution in [-0.4, -0.2) is 52.5 Å². The number of rotatable bonds is 5. The van der Waals surface area contributed by atoms with E-state index in [0.717, 1.165) is 65.1 Å². The van der Waals surface area contributed by atoms with Gasteiger partial charge in [-0.1, -0.05) is 30.3 Å². The molecule has 2 N–H and O–H groups in total. The lowest BCUT2D eigenvalue weighted by atomic mass is 9.93. The normalized spacial score (nSPS) is 24.7. The van der Waals surface area contributed by atoms with Crippen LogP contribution in [0.5, 0.6) is 0 Å². The molecule has 1 aromatic carbocycles. The van der Waals surface area contributed by atoms with Crippen LogP contribution < -0.4 is 10.6 Å². The van der Waals surface area contributed by atoms with Gasteiger partial charge in [-0.25, -0.2) is 4.98 Å². The zero-order chi connectivity index (χ0) is 22.1. The van der Waals surface area contributed by atoms with E-state index in [9.17, 15) is 4.79 Å². The molecule has 32 heavy (non-hydrogen) atoms. The Labute approximate surface area is 193 Å². The van der Waals surface area contributed by atoms with Crippen molar-refractivity contribution in [1.82, 2.24) is 25.5 Å². The highest BCUT2D eigenvalue weighted by molar-refractivity contribution is 7.18. The van der Waals surface area contributed by atoms with Crippen LogP contribution in [0.15, 0.2) is 42.6 Å². The Kier molecular flexibility index (Phi) is 6.22. The second-order valence-corrected chi connectivity index (χ2v) is 10.0. The van der Waals surface area contributed by atoms with Crippen LogP contribution in [0.25, 0.3) is 21.5 Å². The maximum absolute atomic E-state index is 13.6. The summed E-state index contributed by atoms with van der Waals surface area (Å²) in [6.07, 6.45) is 6.98. The Morgan fingerprint density at radius 3 is 2.84 bits per heavy atom. The third-order valence-electron chi connectivity index (χ3n) is 6.97. The molecule has 0 aliphatic carbocycles. The molecule has 168 valence electrons. The molecule has 3 aromatic rings. The Bertz CT molecular complexity index is 1080. The fraction of sp³-hybridized carbons (Fsp3) is 0.480. The number of nitrogens with one attached hydrogen (secondary N) is 2. The predicted octanol–water partition coefficient (Wildman–Crippen LogP) is 4.14. The second kappa shape index (κ2) is 9.25. The van der Waals surface area contributed by atoms with Crippen LogP contribution in [-0.2, 0) is 4.79 Å². The Hall–Kier alpha value is -2.35. The van der Waals surface area contributed by atoms with Gasteiger partial charge >= 0.3 is 0 Å². The van der Waals surface area contributed by atoms with Gasteiger partial charge in [0.1, 0.15) is 10.5 Å². The number of likely N-dealkylation sites (N-methyl/N-ethyl adjacent to an activating group) is 1. The molecule has 2 aliphatic rings. The first-order chi connectivity index (χ1) is 15.7. The smallest absolute Gasteiger partial charge is 0.240 e. The van der Waals surface area contributed by atoms with Crippen molar-refractivity contribution < 1.29 is 4.79 Å². The first-order valence-electron chi connectivity index (χ1n) is 11.7. The van der Waals surface area contributed by atoms with E-state index in [0.29, 0.717) is 12.1 Å². The van der Waals surface area contributed by atoms with Gasteiger partial charge in [0, 0.05) is 30.4 Å². The Balaban J connectivity index is 1.40. The fourth-order valence-corrected chi connectivity index (χ4v) is 6.18. The molecule has 0 bridgehead atoms. The molecule has 4 atom stereocenters. The molecule has 0 spiro atoms. The predicted molar refractivity (Wildman–Crippen MR) is 130 cm³/mol. The van der Waals surface area contributed by atoms with Crippen molar-refractivity contribution in [3.63, 3.8) is 0 Å². The minimum absolute atomic E-state index is 0.0624. The molecule has 2 aliphatic heterocycles. The number of likely N-dealkylation sites (tertiary alicyclic amines) is 1. The summed E-state index contributed by atoms with van der Waals surface area (Å²) in [5.74, 6) is 0.237. The molecule has 0 radical (unpaired) electrons. The van der Waals surface area contributed by atoms with Gasteiger partial charge in [0.05, 0.1) is 22.5 Å². The number of hydrogen-bond acceptors (Lipinski definition) is 6. The van der Waals surface area contributed by atoms with E-state index in [-0.39, 0.29) is 18.0 Å². The number of benzene rings is 1. The topological polar surface area (TPSA) is 70.2 Å². The number of pyridine rings is 1. The molecule has 7 heteroatoms. The lowest BCUT2D eigenvalue weighted by molar-refractivity contribution is -0.135. The van der Waals surface area contributed by atoms with Crippen molar-refractivity contribution in [3.05, 3.63) is 47.6 Å². The Morgan fingerprint density at radius 1 is 1.19 bits per heavy atom. The fourth-order valence-electron chi connectivity index (χ4n) is 5.07. The maximum atomic E-state index is 13.6. The van der Waals surface area contributed by atoms with E-state index in [2.05, 4.69) is 39.6 Å². The molecule has 2 aromatic heterocycles. The number of fused-ring (bicyclic) bond motifs is 1. The first-order valence-corrected chi connectivity index (χ1v) is 12.5. The molecular weight excluding hydrogens is 418 g/mol. The van der Waals surface area contributed by atoms with Gasteiger partial charge in [-0.2, -0.15) is 0 Å². The van der Waals surface area contributed by atoms with E-state index in [1.807, 2.05) is 37.5 Å². The van der Waals surface area contributed by atoms with Gasteiger partial charge in [-0.15, -0.1) is 11.3 Å². The summed E-state index contributed by atoms with van der Waals surface area (Å²) in [4.78, 5) is 25.3. The van der Waals surface area contributed by atoms with E-state index in [1.54, 1.807) is 11.3 Å². The number of amides is 1. The average molecular weight is 450 g/mol. The number of carbonyl (C=O) groups is 1. The molecule has 1 amide bonds. The number of nitrogens with zero attached hydrogens (tertiary/aromatic N) is 3. The largest absolute Gasteiger partial charge is 0.332 e. The van der Waals surface area contributed by atoms with Crippen molar-refractivity contribution in [2.45, 2.75) is 63.2 Å². The van der Waals surface area contributed by atoms with Gasteiger partial charge in [-0.3, -0.25) is 9.78 Å². The lowest BCUT2D eigenvalue weighted by Crippen LogP contribution is -2.56. The van der Waals surface area contributed by atoms with Crippen molar-refractivity contribution in [2.24, 2.45) is 0 Å². The number of aromatic nitrogens is 2. The van der Waals surface area contributed by atoms with E-state index < -0.39 is 0 Å². The van der Waals surface area contributed by atoms with Crippen LogP contribution in [0.2, 0.25) is 0 Å². The van der Waals surface area contributed by atoms with Gasteiger partial charge in [0.2, 0.25) is 5.91 Å². The SMILES string of the molecule is CNC(C)C1CCCC(C(=O)N2CCCC2c2nc3c(-c4ccccc4)nccc3s2)N1. The minimum Gasteiger partial charge on any atom is -0.332 e. The zero-order valence-electron chi connectivity index (χ0n) is 18.8. The zero-order valence-corrected chi connectivity index (χ0v) is 19.6. The third-order valence-corrected chi connectivity index (χ3v) is 8.09. The van der Waals surface area contributed by atoms with Gasteiger partial charge < -0.3 is 15.5 Å². The van der Waals surface area contributed by atoms with Crippen LogP contribution in [0, 0.1) is 0 Å². The molecule has 6 nitrogen and oxygen atoms in total. The van der Waals surface area contributed by atoms with Crippen molar-refractivity contribution in [2.75, 3.05) is 13.6 Å². The highest BCUT2D eigenvalue weighted by atomic mass is 32.1. The van der Waals surface area contributed by atoms with Crippen molar-refractivity contribution in [1.29, 1.82) is 0 Å². The molecule has 2 saturated heterocycles. The van der Waals surface area contributed by atoms with Gasteiger partial charge in [0.25, 0.3) is 0 Å². The number of carbonyl (C=O) groups excluding carboxylic acids is 1. The van der Waals surface area contributed by atoms with Crippen molar-refractivity contribution >= 4 is 27.5 Å². The highest BCUT2D eigenvalue weighted by Gasteiger charge is 2.38. The average Bonchev–Trinajstić information content (AvgIpc) is 3.50. The number of hydrogen-bond donors (Lipinski definition) is 2. The molecule has 0 saturated carbocycles. The summed E-state index contributed by atoms with van der Waals surface area (Å²) < 4.78 is 1.13. The molecule has 5 rings (SSSR count). The van der Waals surface area contributed by atoms with E-state index >= 15 is 0 Å². The third kappa shape index (κ3) is 4.05. The monoisotopic (exact) mass is 449 g/mol. The first kappa shape index (κ1) is 21.5. The Morgan fingerprint density at radius 2 is 2.03 bits per heavy atom. The van der Waals surface area contributed by atoms with Crippen LogP contribution in [0.4, 0.5) is 0 Å². The van der Waals surface area contributed by atoms with E-state index in [4.69, 9.17) is 4.98 Å². The number of thiazole rings is 1. The molecule has 2 fully saturated rings. The highest BCUT2D eigenvalue weighted by Crippen LogP contribution is 2.39. The number of piperidine rings is 1. The second-order valence-electron chi connectivity index (χ2n) is 8.95. The molecule has 4 heterocycles. The summed E-state index contributed by atoms with van der Waals surface area (Å²) >= 11 is 1.70. The van der Waals surface area contributed by atoms with Crippen LogP contribution >= 0.6 is 11.3 Å². The van der Waals surface area contributed by atoms with Crippen LogP contribution in [0.1, 0.15) is 50.1 Å². The van der Waals surface area contributed by atoms with Gasteiger partial charge in [-0.05, 0) is 52.1 Å². The molecule has 4 unspecified atom stereocenters. The van der Waals surface area contributed by atoms with Gasteiger partial charge in [0.15, 0.2) is 0 Å². The minimum atomic E-state index is -0.0962. The summed E-state index contributed by atoms with van der Waals surface area (Å²) in [6, 6.07) is 12.9.